The maximum atomic E-state index is 13.6. The SMILES string of the molecule is COc1ccc(F)c(Nc2cnccc2C(=O)O)c1. The molecule has 1 aromatic carbocycles. The molecule has 0 saturated heterocycles. The van der Waals surface area contributed by atoms with Gasteiger partial charge in [-0.2, -0.15) is 0 Å². The van der Waals surface area contributed by atoms with E-state index in [0.717, 1.165) is 0 Å². The number of nitrogens with one attached hydrogen (secondary N) is 1. The number of methoxy groups -OCH3 is 1. The van der Waals surface area contributed by atoms with Gasteiger partial charge in [0, 0.05) is 12.3 Å². The highest BCUT2D eigenvalue weighted by molar-refractivity contribution is 5.94. The molecule has 2 aromatic rings. The second-order valence-corrected chi connectivity index (χ2v) is 3.70. The number of hydrogen-bond acceptors (Lipinski definition) is 4. The van der Waals surface area contributed by atoms with Crippen LogP contribution in [0.15, 0.2) is 36.7 Å². The van der Waals surface area contributed by atoms with E-state index in [4.69, 9.17) is 9.84 Å². The van der Waals surface area contributed by atoms with Crippen molar-refractivity contribution in [3.8, 4) is 5.75 Å². The fourth-order valence-electron chi connectivity index (χ4n) is 1.55. The summed E-state index contributed by atoms with van der Waals surface area (Å²) in [5.41, 5.74) is 0.342. The first-order chi connectivity index (χ1) is 9.11. The summed E-state index contributed by atoms with van der Waals surface area (Å²) in [7, 11) is 1.46. The smallest absolute Gasteiger partial charge is 0.337 e. The highest BCUT2D eigenvalue weighted by atomic mass is 19.1. The highest BCUT2D eigenvalue weighted by Gasteiger charge is 2.12. The van der Waals surface area contributed by atoms with Gasteiger partial charge in [0.1, 0.15) is 11.6 Å². The number of aromatic carboxylic acids is 1. The standard InChI is InChI=1S/C13H11FN2O3/c1-19-8-2-3-10(14)11(6-8)16-12-7-15-5-4-9(12)13(17)18/h2-7,16H,1H3,(H,17,18). The van der Waals surface area contributed by atoms with Crippen LogP contribution in [0.5, 0.6) is 5.75 Å². The van der Waals surface area contributed by atoms with Gasteiger partial charge in [0.05, 0.1) is 30.2 Å². The summed E-state index contributed by atoms with van der Waals surface area (Å²) in [6, 6.07) is 5.48. The van der Waals surface area contributed by atoms with E-state index in [1.54, 1.807) is 0 Å². The van der Waals surface area contributed by atoms with E-state index >= 15 is 0 Å². The fraction of sp³-hybridized carbons (Fsp3) is 0.0769. The van der Waals surface area contributed by atoms with Crippen molar-refractivity contribution in [2.45, 2.75) is 0 Å². The molecular weight excluding hydrogens is 251 g/mol. The Labute approximate surface area is 108 Å². The van der Waals surface area contributed by atoms with Crippen molar-refractivity contribution in [3.63, 3.8) is 0 Å². The van der Waals surface area contributed by atoms with Crippen LogP contribution in [-0.4, -0.2) is 23.2 Å². The monoisotopic (exact) mass is 262 g/mol. The van der Waals surface area contributed by atoms with Crippen LogP contribution in [-0.2, 0) is 0 Å². The van der Waals surface area contributed by atoms with Crippen LogP contribution in [0.25, 0.3) is 0 Å². The molecule has 0 aliphatic carbocycles. The topological polar surface area (TPSA) is 71.5 Å². The van der Waals surface area contributed by atoms with Gasteiger partial charge in [-0.15, -0.1) is 0 Å². The summed E-state index contributed by atoms with van der Waals surface area (Å²) in [5.74, 6) is -1.17. The zero-order valence-corrected chi connectivity index (χ0v) is 10.1. The lowest BCUT2D eigenvalue weighted by Gasteiger charge is -2.11. The van der Waals surface area contributed by atoms with Crippen LogP contribution in [0.3, 0.4) is 0 Å². The third kappa shape index (κ3) is 2.79. The van der Waals surface area contributed by atoms with Crippen LogP contribution in [0.4, 0.5) is 15.8 Å². The fourth-order valence-corrected chi connectivity index (χ4v) is 1.55. The van der Waals surface area contributed by atoms with Crippen molar-refractivity contribution < 1.29 is 19.0 Å². The minimum Gasteiger partial charge on any atom is -0.497 e. The molecule has 19 heavy (non-hydrogen) atoms. The van der Waals surface area contributed by atoms with Crippen LogP contribution in [0.1, 0.15) is 10.4 Å². The van der Waals surface area contributed by atoms with Gasteiger partial charge in [-0.25, -0.2) is 9.18 Å². The predicted molar refractivity (Wildman–Crippen MR) is 67.4 cm³/mol. The molecule has 0 saturated carbocycles. The van der Waals surface area contributed by atoms with Crippen LogP contribution in [0, 0.1) is 5.82 Å². The maximum absolute atomic E-state index is 13.6. The lowest BCUT2D eigenvalue weighted by atomic mass is 10.2. The minimum absolute atomic E-state index is 0.0113. The minimum atomic E-state index is -1.12. The van der Waals surface area contributed by atoms with Crippen molar-refractivity contribution >= 4 is 17.3 Å². The number of halogens is 1. The molecule has 0 amide bonds. The molecule has 0 atom stereocenters. The van der Waals surface area contributed by atoms with Crippen molar-refractivity contribution in [1.82, 2.24) is 4.98 Å². The molecule has 5 nitrogen and oxygen atoms in total. The third-order valence-corrected chi connectivity index (χ3v) is 2.49. The summed E-state index contributed by atoms with van der Waals surface area (Å²) < 4.78 is 18.6. The number of anilines is 2. The Morgan fingerprint density at radius 1 is 1.37 bits per heavy atom. The average molecular weight is 262 g/mol. The molecule has 98 valence electrons. The number of pyridine rings is 1. The largest absolute Gasteiger partial charge is 0.497 e. The molecule has 2 N–H and O–H groups in total. The van der Waals surface area contributed by atoms with E-state index in [9.17, 15) is 9.18 Å². The van der Waals surface area contributed by atoms with Gasteiger partial charge in [-0.1, -0.05) is 0 Å². The lowest BCUT2D eigenvalue weighted by Crippen LogP contribution is -2.04. The van der Waals surface area contributed by atoms with E-state index in [-0.39, 0.29) is 16.9 Å². The van der Waals surface area contributed by atoms with E-state index < -0.39 is 11.8 Å². The summed E-state index contributed by atoms with van der Waals surface area (Å²) in [6.45, 7) is 0. The molecule has 1 aromatic heterocycles. The quantitative estimate of drug-likeness (QED) is 0.886. The Hall–Kier alpha value is -2.63. The zero-order chi connectivity index (χ0) is 13.8. The van der Waals surface area contributed by atoms with Gasteiger partial charge in [0.15, 0.2) is 0 Å². The van der Waals surface area contributed by atoms with Gasteiger partial charge >= 0.3 is 5.97 Å². The van der Waals surface area contributed by atoms with E-state index in [1.165, 1.54) is 43.8 Å². The maximum Gasteiger partial charge on any atom is 0.337 e. The van der Waals surface area contributed by atoms with Gasteiger partial charge in [-0.05, 0) is 18.2 Å². The Morgan fingerprint density at radius 2 is 2.16 bits per heavy atom. The van der Waals surface area contributed by atoms with E-state index in [2.05, 4.69) is 10.3 Å². The first-order valence-corrected chi connectivity index (χ1v) is 5.39. The molecule has 0 radical (unpaired) electrons. The molecule has 0 bridgehead atoms. The van der Waals surface area contributed by atoms with Crippen molar-refractivity contribution in [2.75, 3.05) is 12.4 Å². The predicted octanol–water partition coefficient (Wildman–Crippen LogP) is 2.67. The Balaban J connectivity index is 2.38. The molecular formula is C13H11FN2O3. The number of carbonyl (C=O) groups is 1. The van der Waals surface area contributed by atoms with Crippen molar-refractivity contribution in [2.24, 2.45) is 0 Å². The zero-order valence-electron chi connectivity index (χ0n) is 10.1. The lowest BCUT2D eigenvalue weighted by molar-refractivity contribution is 0.0698. The van der Waals surface area contributed by atoms with Gasteiger partial charge in [0.25, 0.3) is 0 Å². The molecule has 6 heteroatoms. The molecule has 2 rings (SSSR count). The molecule has 0 spiro atoms. The normalized spacial score (nSPS) is 10.0. The first-order valence-electron chi connectivity index (χ1n) is 5.39. The Bertz CT molecular complexity index is 617. The number of carboxylic acid groups (broad SMARTS) is 1. The van der Waals surface area contributed by atoms with Gasteiger partial charge in [-0.3, -0.25) is 4.98 Å². The molecule has 0 unspecified atom stereocenters. The summed E-state index contributed by atoms with van der Waals surface area (Å²) in [4.78, 5) is 14.9. The number of ether oxygens (including phenoxy) is 1. The number of nitrogens with zero attached hydrogens (tertiary/aromatic N) is 1. The second kappa shape index (κ2) is 5.34. The van der Waals surface area contributed by atoms with Gasteiger partial charge < -0.3 is 15.2 Å². The number of rotatable bonds is 4. The summed E-state index contributed by atoms with van der Waals surface area (Å²) >= 11 is 0. The van der Waals surface area contributed by atoms with Crippen molar-refractivity contribution in [3.05, 3.63) is 48.0 Å². The number of carboxylic acids is 1. The summed E-state index contributed by atoms with van der Waals surface area (Å²) in [5, 5.41) is 11.7. The number of benzene rings is 1. The molecule has 1 heterocycles. The van der Waals surface area contributed by atoms with Crippen LogP contribution in [0.2, 0.25) is 0 Å². The Kier molecular flexibility index (Phi) is 3.61. The highest BCUT2D eigenvalue weighted by Crippen LogP contribution is 2.26. The van der Waals surface area contributed by atoms with E-state index in [0.29, 0.717) is 5.75 Å². The van der Waals surface area contributed by atoms with Crippen LogP contribution < -0.4 is 10.1 Å². The van der Waals surface area contributed by atoms with Crippen LogP contribution >= 0.6 is 0 Å². The third-order valence-electron chi connectivity index (χ3n) is 2.49. The second-order valence-electron chi connectivity index (χ2n) is 3.70. The Morgan fingerprint density at radius 3 is 2.84 bits per heavy atom. The molecule has 0 aliphatic heterocycles. The number of hydrogen-bond donors (Lipinski definition) is 2. The van der Waals surface area contributed by atoms with Crippen molar-refractivity contribution in [1.29, 1.82) is 0 Å². The molecule has 0 aliphatic rings. The van der Waals surface area contributed by atoms with E-state index in [1.807, 2.05) is 0 Å². The summed E-state index contributed by atoms with van der Waals surface area (Å²) in [6.07, 6.45) is 2.68. The average Bonchev–Trinajstić information content (AvgIpc) is 2.41. The number of aromatic nitrogens is 1. The molecule has 0 fully saturated rings. The van der Waals surface area contributed by atoms with Gasteiger partial charge in [0.2, 0.25) is 0 Å². The first kappa shape index (κ1) is 12.8.